The summed E-state index contributed by atoms with van der Waals surface area (Å²) in [6.45, 7) is 11.2. The molecule has 3 aromatic carbocycles. The molecule has 3 aromatic rings. The molecule has 1 aliphatic rings. The van der Waals surface area contributed by atoms with Crippen molar-refractivity contribution in [3.63, 3.8) is 0 Å². The summed E-state index contributed by atoms with van der Waals surface area (Å²) in [7, 11) is 0. The average molecular weight is 527 g/mol. The number of carbonyl (C=O) groups is 3. The molecule has 1 atom stereocenters. The second-order valence-corrected chi connectivity index (χ2v) is 11.6. The summed E-state index contributed by atoms with van der Waals surface area (Å²) in [6, 6.07) is 19.7. The van der Waals surface area contributed by atoms with E-state index < -0.39 is 6.04 Å². The normalized spacial score (nSPS) is 15.1. The van der Waals surface area contributed by atoms with Gasteiger partial charge >= 0.3 is 0 Å². The van der Waals surface area contributed by atoms with Gasteiger partial charge in [0, 0.05) is 24.2 Å². The molecule has 0 radical (unpaired) electrons. The van der Waals surface area contributed by atoms with Gasteiger partial charge in [0.2, 0.25) is 5.91 Å². The molecule has 1 aliphatic heterocycles. The van der Waals surface area contributed by atoms with E-state index in [-0.39, 0.29) is 29.1 Å². The standard InChI is InChI=1S/C32H38N4O3/c1-20(2)15-28-30(38)35-26-17-24(29(37)34-19-22-8-6-7-21(16-22)18-33)11-14-27(26)36(28)31(39)23-9-12-25(13-10-23)32(3,4)5/h6-14,16-17,20,28H,15,18-19,33H2,1-5H3,(H,34,37)(H,35,38). The molecule has 4 N–H and O–H groups in total. The minimum atomic E-state index is -0.651. The van der Waals surface area contributed by atoms with Crippen molar-refractivity contribution in [1.29, 1.82) is 0 Å². The quantitative estimate of drug-likeness (QED) is 0.384. The zero-order chi connectivity index (χ0) is 28.3. The number of nitrogens with two attached hydrogens (primary N) is 1. The first-order valence-electron chi connectivity index (χ1n) is 13.4. The predicted molar refractivity (Wildman–Crippen MR) is 156 cm³/mol. The van der Waals surface area contributed by atoms with Crippen molar-refractivity contribution in [2.75, 3.05) is 10.2 Å². The Kier molecular flexibility index (Phi) is 8.21. The van der Waals surface area contributed by atoms with Crippen molar-refractivity contribution < 1.29 is 14.4 Å². The maximum absolute atomic E-state index is 13.8. The van der Waals surface area contributed by atoms with Crippen molar-refractivity contribution in [3.8, 4) is 0 Å². The maximum Gasteiger partial charge on any atom is 0.259 e. The number of rotatable bonds is 7. The third kappa shape index (κ3) is 6.37. The number of benzene rings is 3. The molecule has 1 heterocycles. The maximum atomic E-state index is 13.8. The van der Waals surface area contributed by atoms with Crippen LogP contribution < -0.4 is 21.3 Å². The van der Waals surface area contributed by atoms with Crippen LogP contribution in [0.25, 0.3) is 0 Å². The minimum absolute atomic E-state index is 0.0381. The van der Waals surface area contributed by atoms with Crippen LogP contribution in [0.2, 0.25) is 0 Å². The lowest BCUT2D eigenvalue weighted by molar-refractivity contribution is -0.117. The fourth-order valence-electron chi connectivity index (χ4n) is 4.80. The summed E-state index contributed by atoms with van der Waals surface area (Å²) in [5, 5.41) is 5.86. The minimum Gasteiger partial charge on any atom is -0.348 e. The second kappa shape index (κ2) is 11.4. The Hall–Kier alpha value is -3.97. The lowest BCUT2D eigenvalue weighted by atomic mass is 9.86. The van der Waals surface area contributed by atoms with E-state index in [0.717, 1.165) is 16.7 Å². The summed E-state index contributed by atoms with van der Waals surface area (Å²) < 4.78 is 0. The molecule has 3 amide bonds. The summed E-state index contributed by atoms with van der Waals surface area (Å²) in [6.07, 6.45) is 0.515. The second-order valence-electron chi connectivity index (χ2n) is 11.6. The van der Waals surface area contributed by atoms with Gasteiger partial charge in [0.15, 0.2) is 0 Å². The fourth-order valence-corrected chi connectivity index (χ4v) is 4.80. The Morgan fingerprint density at radius 1 is 0.974 bits per heavy atom. The molecule has 0 saturated heterocycles. The van der Waals surface area contributed by atoms with Gasteiger partial charge in [-0.25, -0.2) is 0 Å². The lowest BCUT2D eigenvalue weighted by Crippen LogP contribution is -2.51. The van der Waals surface area contributed by atoms with Crippen molar-refractivity contribution in [2.24, 2.45) is 11.7 Å². The Bertz CT molecular complexity index is 1370. The highest BCUT2D eigenvalue weighted by Gasteiger charge is 2.38. The van der Waals surface area contributed by atoms with Gasteiger partial charge in [-0.1, -0.05) is 71.0 Å². The Balaban J connectivity index is 1.62. The summed E-state index contributed by atoms with van der Waals surface area (Å²) in [4.78, 5) is 41.7. The molecule has 0 fully saturated rings. The predicted octanol–water partition coefficient (Wildman–Crippen LogP) is 5.39. The van der Waals surface area contributed by atoms with E-state index in [9.17, 15) is 14.4 Å². The number of fused-ring (bicyclic) bond motifs is 1. The molecule has 4 rings (SSSR count). The number of hydrogen-bond donors (Lipinski definition) is 3. The zero-order valence-electron chi connectivity index (χ0n) is 23.4. The van der Waals surface area contributed by atoms with Crippen molar-refractivity contribution in [2.45, 2.75) is 65.6 Å². The molecule has 0 spiro atoms. The van der Waals surface area contributed by atoms with Gasteiger partial charge in [-0.05, 0) is 64.8 Å². The Morgan fingerprint density at radius 3 is 2.28 bits per heavy atom. The van der Waals surface area contributed by atoms with Crippen LogP contribution in [0.4, 0.5) is 11.4 Å². The van der Waals surface area contributed by atoms with Gasteiger partial charge in [-0.3, -0.25) is 19.3 Å². The molecule has 204 valence electrons. The van der Waals surface area contributed by atoms with Crippen LogP contribution in [0.15, 0.2) is 66.7 Å². The molecule has 0 aromatic heterocycles. The van der Waals surface area contributed by atoms with Crippen molar-refractivity contribution in [3.05, 3.63) is 94.5 Å². The van der Waals surface area contributed by atoms with E-state index in [2.05, 4.69) is 31.4 Å². The van der Waals surface area contributed by atoms with Gasteiger partial charge in [-0.2, -0.15) is 0 Å². The smallest absolute Gasteiger partial charge is 0.259 e. The van der Waals surface area contributed by atoms with E-state index in [0.29, 0.717) is 42.0 Å². The van der Waals surface area contributed by atoms with Crippen molar-refractivity contribution in [1.82, 2.24) is 5.32 Å². The third-order valence-corrected chi connectivity index (χ3v) is 6.98. The largest absolute Gasteiger partial charge is 0.348 e. The lowest BCUT2D eigenvalue weighted by Gasteiger charge is -2.37. The van der Waals surface area contributed by atoms with Gasteiger partial charge in [0.05, 0.1) is 11.4 Å². The van der Waals surface area contributed by atoms with Crippen LogP contribution in [-0.4, -0.2) is 23.8 Å². The van der Waals surface area contributed by atoms with E-state index >= 15 is 0 Å². The highest BCUT2D eigenvalue weighted by atomic mass is 16.2. The molecule has 0 bridgehead atoms. The molecular weight excluding hydrogens is 488 g/mol. The fraction of sp³-hybridized carbons (Fsp3) is 0.344. The SMILES string of the molecule is CC(C)CC1C(=O)Nc2cc(C(=O)NCc3cccc(CN)c3)ccc2N1C(=O)c1ccc(C(C)(C)C)cc1. The molecule has 0 aliphatic carbocycles. The number of carbonyl (C=O) groups excluding carboxylic acids is 3. The highest BCUT2D eigenvalue weighted by molar-refractivity contribution is 6.17. The van der Waals surface area contributed by atoms with Crippen LogP contribution in [0.3, 0.4) is 0 Å². The van der Waals surface area contributed by atoms with Gasteiger partial charge in [0.25, 0.3) is 11.8 Å². The third-order valence-electron chi connectivity index (χ3n) is 6.98. The van der Waals surface area contributed by atoms with E-state index in [4.69, 9.17) is 5.73 Å². The van der Waals surface area contributed by atoms with Crippen LogP contribution in [0.5, 0.6) is 0 Å². The average Bonchev–Trinajstić information content (AvgIpc) is 2.91. The number of nitrogens with one attached hydrogen (secondary N) is 2. The van der Waals surface area contributed by atoms with Crippen LogP contribution in [0.1, 0.15) is 78.4 Å². The summed E-state index contributed by atoms with van der Waals surface area (Å²) in [5.74, 6) is -0.574. The van der Waals surface area contributed by atoms with Gasteiger partial charge in [0.1, 0.15) is 6.04 Å². The molecule has 7 heteroatoms. The number of nitrogens with zero attached hydrogens (tertiary/aromatic N) is 1. The molecule has 7 nitrogen and oxygen atoms in total. The number of anilines is 2. The van der Waals surface area contributed by atoms with Crippen LogP contribution >= 0.6 is 0 Å². The number of amides is 3. The Labute approximate surface area is 230 Å². The van der Waals surface area contributed by atoms with E-state index in [1.807, 2.05) is 62.4 Å². The first-order valence-corrected chi connectivity index (χ1v) is 13.4. The van der Waals surface area contributed by atoms with E-state index in [1.165, 1.54) is 0 Å². The van der Waals surface area contributed by atoms with Gasteiger partial charge in [-0.15, -0.1) is 0 Å². The van der Waals surface area contributed by atoms with Crippen molar-refractivity contribution >= 4 is 29.1 Å². The Morgan fingerprint density at radius 2 is 1.64 bits per heavy atom. The topological polar surface area (TPSA) is 105 Å². The van der Waals surface area contributed by atoms with Crippen LogP contribution in [0, 0.1) is 5.92 Å². The summed E-state index contributed by atoms with van der Waals surface area (Å²) in [5.41, 5.74) is 10.7. The summed E-state index contributed by atoms with van der Waals surface area (Å²) >= 11 is 0. The molecule has 0 saturated carbocycles. The zero-order valence-corrected chi connectivity index (χ0v) is 23.4. The first-order chi connectivity index (χ1) is 18.5. The van der Waals surface area contributed by atoms with Crippen LogP contribution in [-0.2, 0) is 23.3 Å². The highest BCUT2D eigenvalue weighted by Crippen LogP contribution is 2.36. The molecule has 1 unspecified atom stereocenters. The molecule has 39 heavy (non-hydrogen) atoms. The molecular formula is C32H38N4O3. The number of hydrogen-bond acceptors (Lipinski definition) is 4. The van der Waals surface area contributed by atoms with Gasteiger partial charge < -0.3 is 16.4 Å². The first kappa shape index (κ1) is 28.0. The monoisotopic (exact) mass is 526 g/mol. The van der Waals surface area contributed by atoms with E-state index in [1.54, 1.807) is 23.1 Å².